The number of hydrogen-bond acceptors (Lipinski definition) is 5. The fraction of sp³-hybridized carbons (Fsp3) is 0.438. The molecule has 0 bridgehead atoms. The summed E-state index contributed by atoms with van der Waals surface area (Å²) < 4.78 is 9.48. The van der Waals surface area contributed by atoms with Gasteiger partial charge in [0.1, 0.15) is 0 Å². The maximum absolute atomic E-state index is 11.6. The zero-order valence-corrected chi connectivity index (χ0v) is 15.4. The minimum Gasteiger partial charge on any atom is -0.450 e. The van der Waals surface area contributed by atoms with Crippen LogP contribution in [0.1, 0.15) is 32.6 Å². The Hall–Kier alpha value is -1.98. The monoisotopic (exact) mass is 356 g/mol. The molecule has 0 aromatic heterocycles. The Morgan fingerprint density at radius 3 is 2.21 bits per heavy atom. The van der Waals surface area contributed by atoms with Crippen molar-refractivity contribution in [1.29, 1.82) is 0 Å². The van der Waals surface area contributed by atoms with Gasteiger partial charge in [0.05, 0.1) is 6.61 Å². The lowest BCUT2D eigenvalue weighted by Crippen LogP contribution is -2.32. The van der Waals surface area contributed by atoms with Gasteiger partial charge in [-0.3, -0.25) is 9.59 Å². The van der Waals surface area contributed by atoms with Crippen molar-refractivity contribution in [2.75, 3.05) is 20.0 Å². The number of rotatable bonds is 4. The van der Waals surface area contributed by atoms with Gasteiger partial charge in [-0.2, -0.15) is 0 Å². The minimum atomic E-state index is -0.711. The maximum atomic E-state index is 11.6. The summed E-state index contributed by atoms with van der Waals surface area (Å²) in [7, 11) is 1.58. The largest absolute Gasteiger partial charge is 0.450 e. The van der Waals surface area contributed by atoms with Crippen LogP contribution in [0.5, 0.6) is 0 Å². The van der Waals surface area contributed by atoms with E-state index in [1.165, 1.54) is 12.0 Å². The predicted octanol–water partition coefficient (Wildman–Crippen LogP) is 2.46. The van der Waals surface area contributed by atoms with E-state index in [9.17, 15) is 14.4 Å². The Bertz CT molecular complexity index is 524. The first-order valence-electron chi connectivity index (χ1n) is 7.60. The zero-order chi connectivity index (χ0) is 18.5. The maximum Gasteiger partial charge on any atom is 0.404 e. The first-order valence-corrected chi connectivity index (χ1v) is 8.80. The number of amides is 2. The summed E-state index contributed by atoms with van der Waals surface area (Å²) in [6.45, 7) is 6.06. The Balaban J connectivity index is 0.000000563. The first kappa shape index (κ1) is 22.0. The van der Waals surface area contributed by atoms with E-state index in [2.05, 4.69) is 10.5 Å². The molecular formula is C16H25N2O5P. The third-order valence-electron chi connectivity index (χ3n) is 2.74. The summed E-state index contributed by atoms with van der Waals surface area (Å²) in [4.78, 5) is 33.9. The van der Waals surface area contributed by atoms with Gasteiger partial charge in [-0.05, 0) is 15.5 Å². The predicted molar refractivity (Wildman–Crippen MR) is 93.8 cm³/mol. The molecule has 0 aliphatic carbocycles. The molecule has 1 aliphatic rings. The number of carbonyl (C=O) groups is 3. The molecule has 1 aliphatic heterocycles. The van der Waals surface area contributed by atoms with E-state index in [0.717, 1.165) is 5.56 Å². The smallest absolute Gasteiger partial charge is 0.404 e. The summed E-state index contributed by atoms with van der Waals surface area (Å²) in [5, 5.41) is 0. The summed E-state index contributed by atoms with van der Waals surface area (Å²) >= 11 is 0. The first-order chi connectivity index (χ1) is 11.5. The van der Waals surface area contributed by atoms with E-state index in [4.69, 9.17) is 4.74 Å². The number of hydrogen-bond donors (Lipinski definition) is 1. The second-order valence-electron chi connectivity index (χ2n) is 4.19. The Labute approximate surface area is 144 Å². The lowest BCUT2D eigenvalue weighted by Gasteiger charge is -2.25. The molecule has 1 aromatic rings. The SMILES string of the molecule is CC.CCOC(N)=O.COC(c1ccccc1)N1CPC(=O)C1=O. The number of benzene rings is 1. The second-order valence-corrected chi connectivity index (χ2v) is 5.31. The molecule has 1 heterocycles. The van der Waals surface area contributed by atoms with Crippen LogP contribution in [0.25, 0.3) is 0 Å². The molecule has 2 rings (SSSR count). The number of carbonyl (C=O) groups excluding carboxylic acids is 3. The van der Waals surface area contributed by atoms with Gasteiger partial charge in [-0.25, -0.2) is 4.79 Å². The normalized spacial score (nSPS) is 15.1. The molecule has 0 saturated carbocycles. The minimum absolute atomic E-state index is 0.0412. The van der Waals surface area contributed by atoms with Crippen LogP contribution >= 0.6 is 8.58 Å². The molecule has 0 spiro atoms. The Kier molecular flexibility index (Phi) is 11.4. The quantitative estimate of drug-likeness (QED) is 0.660. The topological polar surface area (TPSA) is 98.9 Å². The highest BCUT2D eigenvalue weighted by Crippen LogP contribution is 2.32. The van der Waals surface area contributed by atoms with Crippen LogP contribution in [0.3, 0.4) is 0 Å². The van der Waals surface area contributed by atoms with Crippen molar-refractivity contribution in [1.82, 2.24) is 4.90 Å². The van der Waals surface area contributed by atoms with Gasteiger partial charge in [-0.1, -0.05) is 44.2 Å². The summed E-state index contributed by atoms with van der Waals surface area (Å²) in [6, 6.07) is 9.42. The van der Waals surface area contributed by atoms with Gasteiger partial charge in [0.25, 0.3) is 5.91 Å². The summed E-state index contributed by atoms with van der Waals surface area (Å²) in [5.41, 5.74) is 5.12. The molecule has 134 valence electrons. The van der Waals surface area contributed by atoms with Gasteiger partial charge >= 0.3 is 6.09 Å². The van der Waals surface area contributed by atoms with E-state index >= 15 is 0 Å². The molecular weight excluding hydrogens is 331 g/mol. The summed E-state index contributed by atoms with van der Waals surface area (Å²) in [6.07, 6.45) is -0.699. The number of ether oxygens (including phenoxy) is 2. The van der Waals surface area contributed by atoms with Crippen molar-refractivity contribution in [2.45, 2.75) is 27.0 Å². The van der Waals surface area contributed by atoms with Crippen molar-refractivity contribution < 1.29 is 23.9 Å². The van der Waals surface area contributed by atoms with Crippen LogP contribution in [0.2, 0.25) is 0 Å². The number of nitrogens with two attached hydrogens (primary N) is 1. The second kappa shape index (κ2) is 12.4. The van der Waals surface area contributed by atoms with Crippen LogP contribution in [0.4, 0.5) is 4.79 Å². The molecule has 7 nitrogen and oxygen atoms in total. The Morgan fingerprint density at radius 1 is 1.29 bits per heavy atom. The van der Waals surface area contributed by atoms with E-state index in [1.807, 2.05) is 44.2 Å². The van der Waals surface area contributed by atoms with E-state index in [-0.39, 0.29) is 14.1 Å². The molecule has 1 fully saturated rings. The van der Waals surface area contributed by atoms with E-state index in [0.29, 0.717) is 12.9 Å². The molecule has 2 unspecified atom stereocenters. The highest BCUT2D eigenvalue weighted by Gasteiger charge is 2.35. The van der Waals surface area contributed by atoms with Crippen LogP contribution in [0, 0.1) is 0 Å². The van der Waals surface area contributed by atoms with Crippen LogP contribution < -0.4 is 5.73 Å². The lowest BCUT2D eigenvalue weighted by molar-refractivity contribution is -0.147. The van der Waals surface area contributed by atoms with Gasteiger partial charge in [0.15, 0.2) is 6.23 Å². The van der Waals surface area contributed by atoms with Crippen LogP contribution in [-0.4, -0.2) is 42.4 Å². The van der Waals surface area contributed by atoms with E-state index in [1.54, 1.807) is 6.92 Å². The fourth-order valence-corrected chi connectivity index (χ4v) is 2.75. The molecule has 1 saturated heterocycles. The van der Waals surface area contributed by atoms with Crippen molar-refractivity contribution in [3.05, 3.63) is 35.9 Å². The van der Waals surface area contributed by atoms with Crippen molar-refractivity contribution in [2.24, 2.45) is 5.73 Å². The van der Waals surface area contributed by atoms with Crippen molar-refractivity contribution in [3.63, 3.8) is 0 Å². The number of methoxy groups -OCH3 is 1. The molecule has 0 radical (unpaired) electrons. The average Bonchev–Trinajstić information content (AvgIpc) is 2.92. The highest BCUT2D eigenvalue weighted by molar-refractivity contribution is 7.62. The van der Waals surface area contributed by atoms with Crippen molar-refractivity contribution in [3.8, 4) is 0 Å². The van der Waals surface area contributed by atoms with Gasteiger partial charge in [0.2, 0.25) is 5.52 Å². The average molecular weight is 356 g/mol. The molecule has 1 aromatic carbocycles. The van der Waals surface area contributed by atoms with E-state index < -0.39 is 18.2 Å². The number of nitrogens with zero attached hydrogens (tertiary/aromatic N) is 1. The summed E-state index contributed by atoms with van der Waals surface area (Å²) in [5.74, 6) is -0.436. The molecule has 2 N–H and O–H groups in total. The van der Waals surface area contributed by atoms with Gasteiger partial charge < -0.3 is 20.1 Å². The Morgan fingerprint density at radius 2 is 1.88 bits per heavy atom. The van der Waals surface area contributed by atoms with Crippen molar-refractivity contribution >= 4 is 26.1 Å². The van der Waals surface area contributed by atoms with Gasteiger partial charge in [0, 0.05) is 19.0 Å². The fourth-order valence-electron chi connectivity index (χ4n) is 1.83. The zero-order valence-electron chi connectivity index (χ0n) is 14.4. The molecule has 2 atom stereocenters. The molecule has 24 heavy (non-hydrogen) atoms. The van der Waals surface area contributed by atoms with Crippen LogP contribution in [0.15, 0.2) is 30.3 Å². The standard InChI is InChI=1S/C11H12NO3P.C3H7NO2.C2H6/c1-15-10(8-5-3-2-4-6-8)12-7-16-11(14)9(12)13;1-2-6-3(4)5;1-2/h2-6,10,16H,7H2,1H3;2H2,1H3,(H2,4,5);1-2H3. The molecule has 2 amide bonds. The van der Waals surface area contributed by atoms with Gasteiger partial charge in [-0.15, -0.1) is 0 Å². The number of primary amides is 1. The third-order valence-corrected chi connectivity index (χ3v) is 3.78. The van der Waals surface area contributed by atoms with Crippen LogP contribution in [-0.2, 0) is 19.1 Å². The highest BCUT2D eigenvalue weighted by atomic mass is 31.1. The molecule has 8 heteroatoms. The lowest BCUT2D eigenvalue weighted by atomic mass is 10.2. The third kappa shape index (κ3) is 7.06.